The van der Waals surface area contributed by atoms with Crippen molar-refractivity contribution in [3.05, 3.63) is 70.8 Å². The number of hydrogen-bond acceptors (Lipinski definition) is 3. The van der Waals surface area contributed by atoms with Crippen LogP contribution >= 0.6 is 0 Å². The van der Waals surface area contributed by atoms with Crippen molar-refractivity contribution >= 4 is 22.6 Å². The molecule has 0 aliphatic heterocycles. The van der Waals surface area contributed by atoms with E-state index in [2.05, 4.69) is 17.4 Å². The van der Waals surface area contributed by atoms with E-state index in [4.69, 9.17) is 5.73 Å². The Kier molecular flexibility index (Phi) is 6.06. The summed E-state index contributed by atoms with van der Waals surface area (Å²) in [5, 5.41) is 2.29. The van der Waals surface area contributed by atoms with Crippen LogP contribution in [0.5, 0.6) is 0 Å². The molecule has 2 amide bonds. The second-order valence-electron chi connectivity index (χ2n) is 6.80. The fourth-order valence-electron chi connectivity index (χ4n) is 3.45. The number of amides is 2. The second-order valence-corrected chi connectivity index (χ2v) is 8.45. The predicted molar refractivity (Wildman–Crippen MR) is 107 cm³/mol. The number of nitrogens with one attached hydrogen (secondary N) is 1. The van der Waals surface area contributed by atoms with Gasteiger partial charge in [0.15, 0.2) is 0 Å². The van der Waals surface area contributed by atoms with Crippen LogP contribution in [0.1, 0.15) is 40.8 Å². The molecule has 0 heterocycles. The number of benzene rings is 2. The van der Waals surface area contributed by atoms with Gasteiger partial charge < -0.3 is 11.1 Å². The third-order valence-corrected chi connectivity index (χ3v) is 6.58. The Hall–Kier alpha value is -2.47. The van der Waals surface area contributed by atoms with E-state index < -0.39 is 22.7 Å². The molecule has 0 spiro atoms. The van der Waals surface area contributed by atoms with E-state index >= 15 is 0 Å². The summed E-state index contributed by atoms with van der Waals surface area (Å²) in [6, 6.07) is 15.5. The molecule has 0 aromatic heterocycles. The number of hydrogen-bond donors (Lipinski definition) is 2. The number of nitrogens with two attached hydrogens (primary N) is 1. The molecule has 1 aliphatic rings. The van der Waals surface area contributed by atoms with Gasteiger partial charge in [-0.3, -0.25) is 13.8 Å². The van der Waals surface area contributed by atoms with Crippen LogP contribution in [0, 0.1) is 0 Å². The van der Waals surface area contributed by atoms with Crippen LogP contribution in [0.4, 0.5) is 0 Å². The molecule has 2 atom stereocenters. The summed E-state index contributed by atoms with van der Waals surface area (Å²) in [5.41, 5.74) is 9.73. The molecule has 27 heavy (non-hydrogen) atoms. The fourth-order valence-corrected chi connectivity index (χ4v) is 5.10. The topological polar surface area (TPSA) is 89.3 Å². The maximum absolute atomic E-state index is 13.2. The van der Waals surface area contributed by atoms with E-state index in [-0.39, 0.29) is 23.3 Å². The average molecular weight is 385 g/mol. The average Bonchev–Trinajstić information content (AvgIpc) is 2.83. The van der Waals surface area contributed by atoms with E-state index in [9.17, 15) is 13.8 Å². The molecule has 142 valence electrons. The molecule has 6 heteroatoms. The number of carbonyl (C=O) groups excluding carboxylic acids is 2. The lowest BCUT2D eigenvalue weighted by molar-refractivity contribution is -0.126. The van der Waals surface area contributed by atoms with Gasteiger partial charge in [0.05, 0.1) is 5.25 Å². The van der Waals surface area contributed by atoms with E-state index in [0.29, 0.717) is 0 Å². The second kappa shape index (κ2) is 8.48. The SMILES string of the molecule is CC(NC(=O)CCS(=O)C1c2ccccc2CCc2ccccc21)C(N)=O. The standard InChI is InChI=1S/C21H24N2O3S/c1-14(21(22)25)23-19(24)12-13-27(26)20-17-8-4-2-6-15(17)10-11-16-7-3-5-9-18(16)20/h2-9,14,20H,10-13H2,1H3,(H2,22,25)(H,23,24). The van der Waals surface area contributed by atoms with Crippen LogP contribution in [-0.2, 0) is 33.2 Å². The minimum Gasteiger partial charge on any atom is -0.368 e. The van der Waals surface area contributed by atoms with Crippen LogP contribution in [0.25, 0.3) is 0 Å². The van der Waals surface area contributed by atoms with Gasteiger partial charge in [0.1, 0.15) is 6.04 Å². The molecule has 2 aromatic rings. The summed E-state index contributed by atoms with van der Waals surface area (Å²) >= 11 is 0. The molecule has 3 N–H and O–H groups in total. The van der Waals surface area contributed by atoms with Crippen LogP contribution in [0.3, 0.4) is 0 Å². The summed E-state index contributed by atoms with van der Waals surface area (Å²) in [7, 11) is -1.26. The minimum absolute atomic E-state index is 0.0884. The lowest BCUT2D eigenvalue weighted by Gasteiger charge is -2.20. The summed E-state index contributed by atoms with van der Waals surface area (Å²) < 4.78 is 13.2. The molecule has 0 radical (unpaired) electrons. The number of primary amides is 1. The summed E-state index contributed by atoms with van der Waals surface area (Å²) in [6.45, 7) is 1.54. The lowest BCUT2D eigenvalue weighted by atomic mass is 10.00. The molecule has 2 aromatic carbocycles. The fraction of sp³-hybridized carbons (Fsp3) is 0.333. The van der Waals surface area contributed by atoms with Gasteiger partial charge in [-0.25, -0.2) is 0 Å². The predicted octanol–water partition coefficient (Wildman–Crippen LogP) is 2.00. The normalized spacial score (nSPS) is 15.7. The zero-order valence-corrected chi connectivity index (χ0v) is 16.1. The smallest absolute Gasteiger partial charge is 0.239 e. The molecule has 2 unspecified atom stereocenters. The van der Waals surface area contributed by atoms with Gasteiger partial charge in [-0.2, -0.15) is 0 Å². The van der Waals surface area contributed by atoms with Crippen molar-refractivity contribution in [1.29, 1.82) is 0 Å². The van der Waals surface area contributed by atoms with Gasteiger partial charge in [0.25, 0.3) is 0 Å². The zero-order chi connectivity index (χ0) is 19.4. The van der Waals surface area contributed by atoms with Crippen LogP contribution in [-0.4, -0.2) is 27.8 Å². The zero-order valence-electron chi connectivity index (χ0n) is 15.3. The Morgan fingerprint density at radius 3 is 2.11 bits per heavy atom. The Morgan fingerprint density at radius 2 is 1.59 bits per heavy atom. The van der Waals surface area contributed by atoms with Crippen LogP contribution in [0.2, 0.25) is 0 Å². The number of fused-ring (bicyclic) bond motifs is 2. The first-order valence-corrected chi connectivity index (χ1v) is 10.5. The first-order valence-electron chi connectivity index (χ1n) is 9.09. The Morgan fingerprint density at radius 1 is 1.07 bits per heavy atom. The van der Waals surface area contributed by atoms with Crippen molar-refractivity contribution in [2.24, 2.45) is 5.73 Å². The van der Waals surface area contributed by atoms with Crippen molar-refractivity contribution < 1.29 is 13.8 Å². The quantitative estimate of drug-likeness (QED) is 0.798. The maximum Gasteiger partial charge on any atom is 0.239 e. The third kappa shape index (κ3) is 4.45. The summed E-state index contributed by atoms with van der Waals surface area (Å²) in [6.07, 6.45) is 1.92. The highest BCUT2D eigenvalue weighted by Crippen LogP contribution is 2.36. The lowest BCUT2D eigenvalue weighted by Crippen LogP contribution is -2.42. The van der Waals surface area contributed by atoms with Crippen molar-refractivity contribution in [3.63, 3.8) is 0 Å². The molecule has 1 aliphatic carbocycles. The highest BCUT2D eigenvalue weighted by Gasteiger charge is 2.28. The maximum atomic E-state index is 13.2. The van der Waals surface area contributed by atoms with E-state index in [0.717, 1.165) is 24.0 Å². The monoisotopic (exact) mass is 384 g/mol. The molecule has 0 saturated carbocycles. The highest BCUT2D eigenvalue weighted by molar-refractivity contribution is 7.85. The molecule has 0 fully saturated rings. The number of aryl methyl sites for hydroxylation is 2. The third-order valence-electron chi connectivity index (χ3n) is 4.94. The number of carbonyl (C=O) groups is 2. The van der Waals surface area contributed by atoms with Crippen molar-refractivity contribution in [2.45, 2.75) is 37.5 Å². The van der Waals surface area contributed by atoms with Crippen LogP contribution in [0.15, 0.2) is 48.5 Å². The van der Waals surface area contributed by atoms with Gasteiger partial charge in [-0.05, 0) is 42.0 Å². The first-order chi connectivity index (χ1) is 13.0. The van der Waals surface area contributed by atoms with Gasteiger partial charge in [0.2, 0.25) is 11.8 Å². The summed E-state index contributed by atoms with van der Waals surface area (Å²) in [4.78, 5) is 23.1. The minimum atomic E-state index is -1.26. The van der Waals surface area contributed by atoms with Gasteiger partial charge in [-0.15, -0.1) is 0 Å². The Bertz CT molecular complexity index is 834. The van der Waals surface area contributed by atoms with Gasteiger partial charge in [0, 0.05) is 23.0 Å². The van der Waals surface area contributed by atoms with Crippen LogP contribution < -0.4 is 11.1 Å². The summed E-state index contributed by atoms with van der Waals surface area (Å²) in [5.74, 6) is -0.675. The van der Waals surface area contributed by atoms with Crippen molar-refractivity contribution in [2.75, 3.05) is 5.75 Å². The number of rotatable bonds is 6. The molecule has 0 bridgehead atoms. The van der Waals surface area contributed by atoms with Gasteiger partial charge in [-0.1, -0.05) is 48.5 Å². The van der Waals surface area contributed by atoms with E-state index in [1.807, 2.05) is 36.4 Å². The van der Waals surface area contributed by atoms with E-state index in [1.54, 1.807) is 0 Å². The van der Waals surface area contributed by atoms with Crippen molar-refractivity contribution in [3.8, 4) is 0 Å². The Balaban J connectivity index is 1.81. The van der Waals surface area contributed by atoms with E-state index in [1.165, 1.54) is 18.1 Å². The largest absolute Gasteiger partial charge is 0.368 e. The Labute approximate surface area is 161 Å². The molecule has 3 rings (SSSR count). The highest BCUT2D eigenvalue weighted by atomic mass is 32.2. The molecular weight excluding hydrogens is 360 g/mol. The molecule has 5 nitrogen and oxygen atoms in total. The van der Waals surface area contributed by atoms with Gasteiger partial charge >= 0.3 is 0 Å². The van der Waals surface area contributed by atoms with Crippen molar-refractivity contribution in [1.82, 2.24) is 5.32 Å². The molecule has 0 saturated heterocycles. The molecular formula is C21H24N2O3S. The first kappa shape index (κ1) is 19.3.